The lowest BCUT2D eigenvalue weighted by atomic mass is 9.96. The maximum Gasteiger partial charge on any atom is 0.338 e. The molecule has 0 amide bonds. The second kappa shape index (κ2) is 39.4. The van der Waals surface area contributed by atoms with Crippen molar-refractivity contribution in [2.75, 3.05) is 26.9 Å². The highest BCUT2D eigenvalue weighted by Crippen LogP contribution is 2.38. The first-order chi connectivity index (χ1) is 55.3. The minimum atomic E-state index is -2.00. The van der Waals surface area contributed by atoms with Crippen molar-refractivity contribution in [2.24, 2.45) is 0 Å². The van der Waals surface area contributed by atoms with Crippen LogP contribution in [0.5, 0.6) is 0 Å². The largest absolute Gasteiger partial charge is 0.452 e. The Morgan fingerprint density at radius 2 is 0.496 bits per heavy atom. The summed E-state index contributed by atoms with van der Waals surface area (Å²) >= 11 is 0. The van der Waals surface area contributed by atoms with Gasteiger partial charge in [-0.1, -0.05) is 218 Å². The molecule has 0 radical (unpaired) electrons. The molecule has 15 atom stereocenters. The van der Waals surface area contributed by atoms with E-state index in [-0.39, 0.29) is 65.4 Å². The number of hydrogen-bond donors (Lipinski definition) is 0. The zero-order valence-corrected chi connectivity index (χ0v) is 61.6. The van der Waals surface area contributed by atoms with Crippen molar-refractivity contribution >= 4 is 41.8 Å². The number of carbonyl (C=O) groups excluding carboxylic acids is 7. The molecule has 0 aromatic heterocycles. The molecule has 23 heteroatoms. The summed E-state index contributed by atoms with van der Waals surface area (Å²) in [5.74, 6) is -6.57. The number of benzene rings is 10. The lowest BCUT2D eigenvalue weighted by molar-refractivity contribution is -0.343. The topological polar surface area (TPSA) is 267 Å². The van der Waals surface area contributed by atoms with Crippen LogP contribution in [0.2, 0.25) is 0 Å². The van der Waals surface area contributed by atoms with Crippen LogP contribution in [0.25, 0.3) is 0 Å². The van der Waals surface area contributed by atoms with E-state index < -0.39 is 147 Å². The van der Waals surface area contributed by atoms with Crippen LogP contribution >= 0.6 is 0 Å². The second-order valence-corrected chi connectivity index (χ2v) is 26.7. The van der Waals surface area contributed by atoms with Crippen LogP contribution in [-0.2, 0) is 95.6 Å². The van der Waals surface area contributed by atoms with Crippen LogP contribution in [-0.4, -0.2) is 161 Å². The van der Waals surface area contributed by atoms with E-state index in [0.717, 1.165) is 22.3 Å². The van der Waals surface area contributed by atoms with Gasteiger partial charge in [-0.25, -0.2) is 33.6 Å². The fraction of sp³-hybridized carbons (Fsp3) is 0.256. The highest BCUT2D eigenvalue weighted by molar-refractivity contribution is 5.93. The van der Waals surface area contributed by atoms with Crippen molar-refractivity contribution in [1.82, 2.24) is 0 Å². The van der Waals surface area contributed by atoms with Crippen LogP contribution in [0.3, 0.4) is 0 Å². The molecule has 3 aliphatic heterocycles. The second-order valence-electron chi connectivity index (χ2n) is 26.7. The lowest BCUT2D eigenvalue weighted by Gasteiger charge is -2.47. The molecule has 10 aromatic carbocycles. The van der Waals surface area contributed by atoms with E-state index in [1.165, 1.54) is 79.9 Å². The van der Waals surface area contributed by atoms with E-state index in [2.05, 4.69) is 0 Å². The lowest BCUT2D eigenvalue weighted by Crippen LogP contribution is -2.65. The minimum Gasteiger partial charge on any atom is -0.452 e. The number of esters is 7. The minimum absolute atomic E-state index is 0.00587. The molecule has 3 heterocycles. The predicted octanol–water partition coefficient (Wildman–Crippen LogP) is 13.1. The fourth-order valence-electron chi connectivity index (χ4n) is 13.1. The van der Waals surface area contributed by atoms with Gasteiger partial charge < -0.3 is 75.8 Å². The van der Waals surface area contributed by atoms with Crippen LogP contribution in [0, 0.1) is 6.92 Å². The molecular weight excluding hydrogens is 1450 g/mol. The first-order valence-corrected chi connectivity index (χ1v) is 36.8. The molecular formula is C90H82O23. The van der Waals surface area contributed by atoms with Crippen LogP contribution in [0.1, 0.15) is 94.8 Å². The van der Waals surface area contributed by atoms with E-state index in [9.17, 15) is 24.0 Å². The summed E-state index contributed by atoms with van der Waals surface area (Å²) in [5, 5.41) is 0. The molecule has 0 N–H and O–H groups in total. The van der Waals surface area contributed by atoms with Gasteiger partial charge in [-0.2, -0.15) is 0 Å². The number of aryl methyl sites for hydroxylation is 1. The third kappa shape index (κ3) is 21.0. The zero-order valence-electron chi connectivity index (χ0n) is 61.6. The smallest absolute Gasteiger partial charge is 0.338 e. The molecule has 23 nitrogen and oxygen atoms in total. The fourth-order valence-corrected chi connectivity index (χ4v) is 13.1. The van der Waals surface area contributed by atoms with E-state index >= 15 is 9.59 Å². The van der Waals surface area contributed by atoms with Gasteiger partial charge >= 0.3 is 41.8 Å². The van der Waals surface area contributed by atoms with Gasteiger partial charge in [0.1, 0.15) is 30.5 Å². The molecule has 0 saturated carbocycles. The molecule has 0 spiro atoms. The average Bonchev–Trinajstić information content (AvgIpc) is 0.784. The van der Waals surface area contributed by atoms with Crippen molar-refractivity contribution in [2.45, 2.75) is 119 Å². The Labute approximate surface area is 652 Å². The van der Waals surface area contributed by atoms with Crippen molar-refractivity contribution in [1.29, 1.82) is 0 Å². The number of rotatable bonds is 31. The van der Waals surface area contributed by atoms with E-state index in [0.29, 0.717) is 0 Å². The summed E-state index contributed by atoms with van der Waals surface area (Å²) in [4.78, 5) is 104. The number of methoxy groups -OCH3 is 1. The Morgan fingerprint density at radius 3 is 0.823 bits per heavy atom. The number of carbonyl (C=O) groups is 7. The van der Waals surface area contributed by atoms with E-state index in [1.54, 1.807) is 133 Å². The van der Waals surface area contributed by atoms with Gasteiger partial charge in [0.2, 0.25) is 0 Å². The highest BCUT2D eigenvalue weighted by Gasteiger charge is 2.58. The maximum atomic E-state index is 15.1. The van der Waals surface area contributed by atoms with Crippen molar-refractivity contribution in [3.05, 3.63) is 358 Å². The number of hydrogen-bond acceptors (Lipinski definition) is 23. The Bertz CT molecular complexity index is 4690. The predicted molar refractivity (Wildman–Crippen MR) is 405 cm³/mol. The Morgan fingerprint density at radius 1 is 0.248 bits per heavy atom. The van der Waals surface area contributed by atoms with Crippen LogP contribution in [0.15, 0.2) is 297 Å². The molecule has 10 aromatic rings. The molecule has 3 saturated heterocycles. The maximum absolute atomic E-state index is 15.1. The summed E-state index contributed by atoms with van der Waals surface area (Å²) in [6, 6.07) is 82.1. The molecule has 3 fully saturated rings. The summed E-state index contributed by atoms with van der Waals surface area (Å²) < 4.78 is 106. The standard InChI is InChI=1S/C90H82O23/c1-58-48-50-68(51-49-58)87(97)111-78-75(101-54-61-34-16-5-17-35-61)72(100-53-60-32-14-4-15-33-60)69(55-99-52-59-30-12-3-13-31-59)105-89(78)102-57-71-74(108-82(92)63-38-20-7-21-39-63)77(110-84(94)65-42-24-9-25-43-65)80(113-86(96)67-46-28-11-29-47-67)90(106-71)103-56-70-73(107-81(91)62-36-18-6-19-37-62)76(109-83(93)64-40-22-8-23-41-64)79(88(98-2)104-70)112-85(95)66-44-26-10-27-45-66/h3-51,69-80,88-90H,52-57H2,1-2H3/t69-,70-,71-,72-,73-,74-,75+,76+,77+,78-,79-,80-,88+,89-,90-/m1/s1. The quantitative estimate of drug-likeness (QED) is 0.0288. The third-order valence-corrected chi connectivity index (χ3v) is 18.9. The van der Waals surface area contributed by atoms with Gasteiger partial charge in [-0.3, -0.25) is 0 Å². The summed E-state index contributed by atoms with van der Waals surface area (Å²) in [6.45, 7) is 0.278. The monoisotopic (exact) mass is 1530 g/mol. The first kappa shape index (κ1) is 79.2. The first-order valence-electron chi connectivity index (χ1n) is 36.8. The van der Waals surface area contributed by atoms with Crippen LogP contribution < -0.4 is 0 Å². The van der Waals surface area contributed by atoms with Gasteiger partial charge in [-0.15, -0.1) is 0 Å². The highest BCUT2D eigenvalue weighted by atomic mass is 16.8. The van der Waals surface area contributed by atoms with Gasteiger partial charge in [0.15, 0.2) is 61.6 Å². The molecule has 0 aliphatic carbocycles. The summed E-state index contributed by atoms with van der Waals surface area (Å²) in [7, 11) is 1.24. The van der Waals surface area contributed by atoms with Crippen molar-refractivity contribution in [3.63, 3.8) is 0 Å². The Hall–Kier alpha value is -11.9. The van der Waals surface area contributed by atoms with Gasteiger partial charge in [0, 0.05) is 7.11 Å². The van der Waals surface area contributed by atoms with E-state index in [1.807, 2.05) is 97.9 Å². The van der Waals surface area contributed by atoms with Gasteiger partial charge in [0.25, 0.3) is 0 Å². The van der Waals surface area contributed by atoms with E-state index in [4.69, 9.17) is 75.8 Å². The SMILES string of the molecule is CO[C@H]1O[C@H](CO[C@@H]2O[C@H](CO[C@@H]3O[C@H](COCc4ccccc4)[C@@H](OCc4ccccc4)[C@H](OCc4ccccc4)[C@H]3OC(=O)c3ccc(C)cc3)[C@@H](OC(=O)c3ccccc3)[C@H](OC(=O)c3ccccc3)[C@H]2OC(=O)c2ccccc2)[C@@H](OC(=O)c2ccccc2)[C@H](OC(=O)c2ccccc2)[C@H]1OC(=O)c1ccccc1. The van der Waals surface area contributed by atoms with Gasteiger partial charge in [-0.05, 0) is 109 Å². The molecule has 0 bridgehead atoms. The Kier molecular flexibility index (Phi) is 27.6. The van der Waals surface area contributed by atoms with Crippen molar-refractivity contribution in [3.8, 4) is 0 Å². The normalized spacial score (nSPS) is 23.3. The molecule has 13 rings (SSSR count). The zero-order chi connectivity index (χ0) is 78.3. The molecule has 3 aliphatic rings. The average molecular weight is 1530 g/mol. The van der Waals surface area contributed by atoms with Gasteiger partial charge in [0.05, 0.1) is 78.6 Å². The molecule has 0 unspecified atom stereocenters. The third-order valence-electron chi connectivity index (χ3n) is 18.9. The Balaban J connectivity index is 0.929. The summed E-state index contributed by atoms with van der Waals surface area (Å²) in [6.07, 6.45) is -24.7. The molecule has 113 heavy (non-hydrogen) atoms. The summed E-state index contributed by atoms with van der Waals surface area (Å²) in [5.41, 5.74) is 3.64. The molecule has 580 valence electrons. The van der Waals surface area contributed by atoms with Crippen LogP contribution in [0.4, 0.5) is 0 Å². The number of ether oxygens (including phenoxy) is 16. The van der Waals surface area contributed by atoms with Crippen molar-refractivity contribution < 1.29 is 109 Å².